The van der Waals surface area contributed by atoms with E-state index in [0.29, 0.717) is 18.3 Å². The van der Waals surface area contributed by atoms with Crippen LogP contribution in [0.3, 0.4) is 0 Å². The molecular formula is C13H20N2O. The first kappa shape index (κ1) is 11.4. The normalized spacial score (nSPS) is 16.4. The smallest absolute Gasteiger partial charge is 0.115 e. The van der Waals surface area contributed by atoms with Crippen molar-refractivity contribution in [3.8, 4) is 5.75 Å². The number of nitrogens with zero attached hydrogens (tertiary/aromatic N) is 1. The molecule has 0 aliphatic heterocycles. The molecule has 0 spiro atoms. The zero-order valence-electron chi connectivity index (χ0n) is 9.60. The van der Waals surface area contributed by atoms with Crippen LogP contribution in [-0.4, -0.2) is 29.1 Å². The minimum Gasteiger partial charge on any atom is -0.508 e. The summed E-state index contributed by atoms with van der Waals surface area (Å²) < 4.78 is 0. The van der Waals surface area contributed by atoms with E-state index >= 15 is 0 Å². The lowest BCUT2D eigenvalue weighted by Crippen LogP contribution is -2.42. The second-order valence-corrected chi connectivity index (χ2v) is 4.51. The van der Waals surface area contributed by atoms with Gasteiger partial charge in [-0.25, -0.2) is 0 Å². The Morgan fingerprint density at radius 1 is 1.38 bits per heavy atom. The first-order chi connectivity index (χ1) is 7.79. The average molecular weight is 220 g/mol. The van der Waals surface area contributed by atoms with Gasteiger partial charge in [0.15, 0.2) is 0 Å². The highest BCUT2D eigenvalue weighted by atomic mass is 16.3. The number of phenols is 1. The van der Waals surface area contributed by atoms with Crippen molar-refractivity contribution in [2.24, 2.45) is 5.73 Å². The predicted octanol–water partition coefficient (Wildman–Crippen LogP) is 1.71. The van der Waals surface area contributed by atoms with Gasteiger partial charge in [-0.15, -0.1) is 0 Å². The fourth-order valence-corrected chi connectivity index (χ4v) is 2.20. The van der Waals surface area contributed by atoms with Gasteiger partial charge in [0.2, 0.25) is 0 Å². The minimum atomic E-state index is 0.346. The summed E-state index contributed by atoms with van der Waals surface area (Å²) in [5, 5.41) is 9.42. The van der Waals surface area contributed by atoms with Gasteiger partial charge in [0.25, 0.3) is 0 Å². The molecule has 0 atom stereocenters. The van der Waals surface area contributed by atoms with Crippen LogP contribution < -0.4 is 5.73 Å². The largest absolute Gasteiger partial charge is 0.508 e. The molecule has 0 aromatic heterocycles. The molecule has 1 aliphatic carbocycles. The first-order valence-corrected chi connectivity index (χ1v) is 6.01. The molecule has 3 nitrogen and oxygen atoms in total. The molecule has 0 radical (unpaired) electrons. The number of aromatic hydroxyl groups is 1. The number of phenolic OH excluding ortho intramolecular Hbond substituents is 1. The first-order valence-electron chi connectivity index (χ1n) is 6.01. The lowest BCUT2D eigenvalue weighted by molar-refractivity contribution is 0.123. The van der Waals surface area contributed by atoms with Gasteiger partial charge in [0.05, 0.1) is 0 Å². The molecule has 1 aromatic carbocycles. The van der Waals surface area contributed by atoms with Crippen molar-refractivity contribution in [1.29, 1.82) is 0 Å². The Bertz CT molecular complexity index is 336. The van der Waals surface area contributed by atoms with E-state index in [4.69, 9.17) is 5.73 Å². The molecule has 16 heavy (non-hydrogen) atoms. The van der Waals surface area contributed by atoms with Crippen LogP contribution in [0.4, 0.5) is 0 Å². The summed E-state index contributed by atoms with van der Waals surface area (Å²) in [7, 11) is 0. The zero-order valence-corrected chi connectivity index (χ0v) is 9.60. The Morgan fingerprint density at radius 2 is 2.19 bits per heavy atom. The molecular weight excluding hydrogens is 200 g/mol. The summed E-state index contributed by atoms with van der Waals surface area (Å²) >= 11 is 0. The average Bonchev–Trinajstić information content (AvgIpc) is 2.15. The van der Waals surface area contributed by atoms with Gasteiger partial charge in [-0.2, -0.15) is 0 Å². The summed E-state index contributed by atoms with van der Waals surface area (Å²) in [4.78, 5) is 2.43. The van der Waals surface area contributed by atoms with Crippen molar-refractivity contribution < 1.29 is 5.11 Å². The molecule has 3 N–H and O–H groups in total. The Hall–Kier alpha value is -1.06. The number of rotatable bonds is 5. The molecule has 0 heterocycles. The van der Waals surface area contributed by atoms with Crippen LogP contribution in [0.5, 0.6) is 5.75 Å². The Morgan fingerprint density at radius 3 is 2.75 bits per heavy atom. The van der Waals surface area contributed by atoms with E-state index in [1.807, 2.05) is 12.1 Å². The third-order valence-corrected chi connectivity index (χ3v) is 3.30. The molecule has 2 rings (SSSR count). The van der Waals surface area contributed by atoms with E-state index in [0.717, 1.165) is 13.1 Å². The van der Waals surface area contributed by atoms with E-state index in [2.05, 4.69) is 11.0 Å². The highest BCUT2D eigenvalue weighted by molar-refractivity contribution is 5.27. The minimum absolute atomic E-state index is 0.346. The lowest BCUT2D eigenvalue weighted by Gasteiger charge is -2.37. The van der Waals surface area contributed by atoms with E-state index in [1.165, 1.54) is 24.8 Å². The van der Waals surface area contributed by atoms with Gasteiger partial charge in [0, 0.05) is 25.7 Å². The van der Waals surface area contributed by atoms with Crippen molar-refractivity contribution in [2.45, 2.75) is 31.8 Å². The quantitative estimate of drug-likeness (QED) is 0.794. The summed E-state index contributed by atoms with van der Waals surface area (Å²) in [5.74, 6) is 0.346. The second-order valence-electron chi connectivity index (χ2n) is 4.51. The highest BCUT2D eigenvalue weighted by Gasteiger charge is 2.24. The number of benzene rings is 1. The number of hydrogen-bond acceptors (Lipinski definition) is 3. The van der Waals surface area contributed by atoms with Crippen LogP contribution in [0.1, 0.15) is 24.8 Å². The maximum absolute atomic E-state index is 9.42. The fourth-order valence-electron chi connectivity index (χ4n) is 2.20. The van der Waals surface area contributed by atoms with Crippen LogP contribution in [-0.2, 0) is 6.54 Å². The maximum atomic E-state index is 9.42. The van der Waals surface area contributed by atoms with Crippen molar-refractivity contribution in [3.05, 3.63) is 29.8 Å². The Balaban J connectivity index is 1.98. The topological polar surface area (TPSA) is 49.5 Å². The summed E-state index contributed by atoms with van der Waals surface area (Å²) in [6.07, 6.45) is 3.92. The monoisotopic (exact) mass is 220 g/mol. The summed E-state index contributed by atoms with van der Waals surface area (Å²) in [5.41, 5.74) is 6.81. The van der Waals surface area contributed by atoms with Crippen LogP contribution in [0.25, 0.3) is 0 Å². The molecule has 0 unspecified atom stereocenters. The van der Waals surface area contributed by atoms with E-state index in [-0.39, 0.29) is 0 Å². The molecule has 1 aliphatic rings. The van der Waals surface area contributed by atoms with Crippen LogP contribution in [0.2, 0.25) is 0 Å². The third-order valence-electron chi connectivity index (χ3n) is 3.30. The Labute approximate surface area is 96.9 Å². The lowest BCUT2D eigenvalue weighted by atomic mass is 9.91. The standard InChI is InChI=1S/C13H20N2O/c14-7-8-15(12-4-2-5-12)10-11-3-1-6-13(16)9-11/h1,3,6,9,12,16H,2,4-5,7-8,10,14H2. The van der Waals surface area contributed by atoms with Gasteiger partial charge in [0.1, 0.15) is 5.75 Å². The van der Waals surface area contributed by atoms with Crippen molar-refractivity contribution in [3.63, 3.8) is 0 Å². The fraction of sp³-hybridized carbons (Fsp3) is 0.538. The maximum Gasteiger partial charge on any atom is 0.115 e. The molecule has 1 saturated carbocycles. The van der Waals surface area contributed by atoms with Crippen molar-refractivity contribution in [1.82, 2.24) is 4.90 Å². The highest BCUT2D eigenvalue weighted by Crippen LogP contribution is 2.26. The van der Waals surface area contributed by atoms with Crippen LogP contribution in [0.15, 0.2) is 24.3 Å². The van der Waals surface area contributed by atoms with Gasteiger partial charge in [-0.1, -0.05) is 18.6 Å². The van der Waals surface area contributed by atoms with Crippen LogP contribution in [0, 0.1) is 0 Å². The zero-order chi connectivity index (χ0) is 11.4. The second kappa shape index (κ2) is 5.32. The molecule has 0 saturated heterocycles. The van der Waals surface area contributed by atoms with Crippen LogP contribution >= 0.6 is 0 Å². The van der Waals surface area contributed by atoms with E-state index in [9.17, 15) is 5.11 Å². The van der Waals surface area contributed by atoms with E-state index < -0.39 is 0 Å². The molecule has 0 amide bonds. The summed E-state index contributed by atoms with van der Waals surface area (Å²) in [6, 6.07) is 8.20. The van der Waals surface area contributed by atoms with Gasteiger partial charge in [-0.05, 0) is 30.5 Å². The number of nitrogens with two attached hydrogens (primary N) is 1. The molecule has 88 valence electrons. The SMILES string of the molecule is NCCN(Cc1cccc(O)c1)C1CCC1. The predicted molar refractivity (Wildman–Crippen MR) is 65.2 cm³/mol. The van der Waals surface area contributed by atoms with Crippen molar-refractivity contribution in [2.75, 3.05) is 13.1 Å². The third kappa shape index (κ3) is 2.74. The van der Waals surface area contributed by atoms with Crippen molar-refractivity contribution >= 4 is 0 Å². The molecule has 0 bridgehead atoms. The molecule has 1 aromatic rings. The molecule has 3 heteroatoms. The summed E-state index contributed by atoms with van der Waals surface area (Å²) in [6.45, 7) is 2.55. The van der Waals surface area contributed by atoms with E-state index in [1.54, 1.807) is 6.07 Å². The Kier molecular flexibility index (Phi) is 3.80. The molecule has 1 fully saturated rings. The van der Waals surface area contributed by atoms with Gasteiger partial charge < -0.3 is 10.8 Å². The van der Waals surface area contributed by atoms with Gasteiger partial charge >= 0.3 is 0 Å². The number of hydrogen-bond donors (Lipinski definition) is 2. The van der Waals surface area contributed by atoms with Gasteiger partial charge in [-0.3, -0.25) is 4.90 Å².